The van der Waals surface area contributed by atoms with Gasteiger partial charge in [0.05, 0.1) is 0 Å². The average Bonchev–Trinajstić information content (AvgIpc) is 2.36. The Balaban J connectivity index is 1.56. The van der Waals surface area contributed by atoms with Crippen molar-refractivity contribution in [3.05, 3.63) is 11.6 Å². The van der Waals surface area contributed by atoms with E-state index in [9.17, 15) is 0 Å². The van der Waals surface area contributed by atoms with Crippen LogP contribution in [0.3, 0.4) is 0 Å². The second-order valence-corrected chi connectivity index (χ2v) is 7.04. The first-order valence-electron chi connectivity index (χ1n) is 8.20. The molecule has 1 aliphatic carbocycles. The molecule has 0 aromatic carbocycles. The predicted molar refractivity (Wildman–Crippen MR) is 83.4 cm³/mol. The van der Waals surface area contributed by atoms with Crippen molar-refractivity contribution in [1.29, 1.82) is 0 Å². The Kier molecular flexibility index (Phi) is 5.90. The zero-order valence-electron chi connectivity index (χ0n) is 13.1. The van der Waals surface area contributed by atoms with E-state index in [1.54, 1.807) is 5.57 Å². The molecule has 0 spiro atoms. The van der Waals surface area contributed by atoms with Gasteiger partial charge in [-0.2, -0.15) is 0 Å². The van der Waals surface area contributed by atoms with Crippen LogP contribution in [0.1, 0.15) is 46.0 Å². The first-order chi connectivity index (χ1) is 9.13. The lowest BCUT2D eigenvalue weighted by Crippen LogP contribution is -2.32. The second kappa shape index (κ2) is 7.44. The molecule has 0 saturated carbocycles. The van der Waals surface area contributed by atoms with E-state index in [4.69, 9.17) is 0 Å². The van der Waals surface area contributed by atoms with Crippen LogP contribution in [0.15, 0.2) is 11.6 Å². The van der Waals surface area contributed by atoms with E-state index in [-0.39, 0.29) is 0 Å². The molecule has 110 valence electrons. The van der Waals surface area contributed by atoms with Gasteiger partial charge in [0.25, 0.3) is 0 Å². The Morgan fingerprint density at radius 2 is 2.00 bits per heavy atom. The number of rotatable bonds is 5. The molecule has 1 fully saturated rings. The number of likely N-dealkylation sites (tertiary alicyclic amines) is 1. The minimum absolute atomic E-state index is 0.787. The van der Waals surface area contributed by atoms with Crippen LogP contribution in [0.25, 0.3) is 0 Å². The molecule has 0 amide bonds. The van der Waals surface area contributed by atoms with Crippen LogP contribution in [0.2, 0.25) is 0 Å². The van der Waals surface area contributed by atoms with E-state index < -0.39 is 0 Å². The molecule has 2 nitrogen and oxygen atoms in total. The highest BCUT2D eigenvalue weighted by molar-refractivity contribution is 5.06. The molecule has 2 heteroatoms. The van der Waals surface area contributed by atoms with Crippen LogP contribution in [-0.2, 0) is 0 Å². The summed E-state index contributed by atoms with van der Waals surface area (Å²) in [7, 11) is 2.24. The first-order valence-corrected chi connectivity index (χ1v) is 8.20. The summed E-state index contributed by atoms with van der Waals surface area (Å²) in [6, 6.07) is 0. The van der Waals surface area contributed by atoms with Crippen LogP contribution in [0.4, 0.5) is 0 Å². The molecule has 1 N–H and O–H groups in total. The summed E-state index contributed by atoms with van der Waals surface area (Å²) in [6.07, 6.45) is 9.32. The normalized spacial score (nSPS) is 30.4. The molecule has 0 radical (unpaired) electrons. The van der Waals surface area contributed by atoms with E-state index in [1.165, 1.54) is 58.3 Å². The Morgan fingerprint density at radius 1 is 1.26 bits per heavy atom. The maximum absolute atomic E-state index is 3.71. The standard InChI is InChI=1S/C17H32N2/c1-14-10-15(2)12-17(11-14)13-18-7-4-16-5-8-19(3)9-6-16/h10,14,16-18H,4-9,11-13H2,1-3H3. The lowest BCUT2D eigenvalue weighted by molar-refractivity contribution is 0.211. The summed E-state index contributed by atoms with van der Waals surface area (Å²) >= 11 is 0. The molecule has 19 heavy (non-hydrogen) atoms. The lowest BCUT2D eigenvalue weighted by Gasteiger charge is -2.29. The van der Waals surface area contributed by atoms with Gasteiger partial charge in [-0.1, -0.05) is 18.6 Å². The fraction of sp³-hybridized carbons (Fsp3) is 0.882. The molecule has 2 rings (SSSR count). The summed E-state index contributed by atoms with van der Waals surface area (Å²) in [5.41, 5.74) is 1.60. The van der Waals surface area contributed by atoms with Gasteiger partial charge < -0.3 is 10.2 Å². The van der Waals surface area contributed by atoms with Gasteiger partial charge in [-0.15, -0.1) is 0 Å². The number of nitrogens with one attached hydrogen (secondary N) is 1. The third kappa shape index (κ3) is 5.27. The summed E-state index contributed by atoms with van der Waals surface area (Å²) < 4.78 is 0. The van der Waals surface area contributed by atoms with Crippen molar-refractivity contribution < 1.29 is 0 Å². The molecule has 0 bridgehead atoms. The number of piperidine rings is 1. The average molecular weight is 264 g/mol. The summed E-state index contributed by atoms with van der Waals surface area (Å²) in [4.78, 5) is 2.46. The molecule has 0 aromatic rings. The SMILES string of the molecule is CC1=CC(C)CC(CNCCC2CCN(C)CC2)C1. The summed E-state index contributed by atoms with van der Waals surface area (Å²) in [6.45, 7) is 9.70. The smallest absolute Gasteiger partial charge is 0.00172 e. The van der Waals surface area contributed by atoms with Gasteiger partial charge in [-0.05, 0) is 90.0 Å². The quantitative estimate of drug-likeness (QED) is 0.605. The van der Waals surface area contributed by atoms with Crippen molar-refractivity contribution in [1.82, 2.24) is 10.2 Å². The van der Waals surface area contributed by atoms with Crippen molar-refractivity contribution in [2.24, 2.45) is 17.8 Å². The van der Waals surface area contributed by atoms with E-state index in [0.717, 1.165) is 17.8 Å². The van der Waals surface area contributed by atoms with Crippen LogP contribution < -0.4 is 5.32 Å². The summed E-state index contributed by atoms with van der Waals surface area (Å²) in [5, 5.41) is 3.71. The van der Waals surface area contributed by atoms with Gasteiger partial charge >= 0.3 is 0 Å². The van der Waals surface area contributed by atoms with E-state index >= 15 is 0 Å². The van der Waals surface area contributed by atoms with Crippen LogP contribution in [0.5, 0.6) is 0 Å². The van der Waals surface area contributed by atoms with Crippen molar-refractivity contribution in [3.63, 3.8) is 0 Å². The number of hydrogen-bond donors (Lipinski definition) is 1. The number of hydrogen-bond acceptors (Lipinski definition) is 2. The monoisotopic (exact) mass is 264 g/mol. The molecular formula is C17H32N2. The number of nitrogens with zero attached hydrogens (tertiary/aromatic N) is 1. The molecule has 2 atom stereocenters. The fourth-order valence-corrected chi connectivity index (χ4v) is 3.80. The van der Waals surface area contributed by atoms with Crippen LogP contribution in [-0.4, -0.2) is 38.1 Å². The van der Waals surface area contributed by atoms with Gasteiger partial charge in [0, 0.05) is 0 Å². The van der Waals surface area contributed by atoms with Gasteiger partial charge in [0.1, 0.15) is 0 Å². The lowest BCUT2D eigenvalue weighted by atomic mass is 9.83. The molecule has 1 aliphatic heterocycles. The zero-order valence-corrected chi connectivity index (χ0v) is 13.1. The van der Waals surface area contributed by atoms with Crippen LogP contribution >= 0.6 is 0 Å². The van der Waals surface area contributed by atoms with Crippen LogP contribution in [0, 0.1) is 17.8 Å². The Bertz CT molecular complexity index is 290. The van der Waals surface area contributed by atoms with Crippen molar-refractivity contribution in [3.8, 4) is 0 Å². The van der Waals surface area contributed by atoms with Gasteiger partial charge in [-0.3, -0.25) is 0 Å². The Morgan fingerprint density at radius 3 is 2.68 bits per heavy atom. The first kappa shape index (κ1) is 15.1. The highest BCUT2D eigenvalue weighted by Gasteiger charge is 2.18. The van der Waals surface area contributed by atoms with Crippen molar-refractivity contribution in [2.75, 3.05) is 33.2 Å². The Hall–Kier alpha value is -0.340. The molecular weight excluding hydrogens is 232 g/mol. The van der Waals surface area contributed by atoms with Gasteiger partial charge in [0.2, 0.25) is 0 Å². The molecule has 1 heterocycles. The van der Waals surface area contributed by atoms with E-state index in [1.807, 2.05) is 0 Å². The topological polar surface area (TPSA) is 15.3 Å². The van der Waals surface area contributed by atoms with E-state index in [0.29, 0.717) is 0 Å². The number of allylic oxidation sites excluding steroid dienone is 2. The van der Waals surface area contributed by atoms with Gasteiger partial charge in [0.15, 0.2) is 0 Å². The highest BCUT2D eigenvalue weighted by Crippen LogP contribution is 2.27. The van der Waals surface area contributed by atoms with E-state index in [2.05, 4.69) is 37.2 Å². The maximum atomic E-state index is 3.71. The highest BCUT2D eigenvalue weighted by atomic mass is 15.1. The molecule has 1 saturated heterocycles. The zero-order chi connectivity index (χ0) is 13.7. The molecule has 2 aliphatic rings. The minimum atomic E-state index is 0.787. The third-order valence-electron chi connectivity index (χ3n) is 4.89. The predicted octanol–water partition coefficient (Wildman–Crippen LogP) is 3.30. The third-order valence-corrected chi connectivity index (χ3v) is 4.89. The second-order valence-electron chi connectivity index (χ2n) is 7.04. The van der Waals surface area contributed by atoms with Crippen molar-refractivity contribution in [2.45, 2.75) is 46.0 Å². The molecule has 0 aromatic heterocycles. The molecule has 2 unspecified atom stereocenters. The van der Waals surface area contributed by atoms with Crippen molar-refractivity contribution >= 4 is 0 Å². The fourth-order valence-electron chi connectivity index (χ4n) is 3.80. The summed E-state index contributed by atoms with van der Waals surface area (Å²) in [5.74, 6) is 2.63. The minimum Gasteiger partial charge on any atom is -0.316 e. The Labute approximate surface area is 119 Å². The van der Waals surface area contributed by atoms with Gasteiger partial charge in [-0.25, -0.2) is 0 Å². The maximum Gasteiger partial charge on any atom is -0.00172 e. The largest absolute Gasteiger partial charge is 0.316 e.